The number of hydrogen-bond acceptors (Lipinski definition) is 7. The summed E-state index contributed by atoms with van der Waals surface area (Å²) >= 11 is 1.23. The highest BCUT2D eigenvalue weighted by Gasteiger charge is 2.19. The molecule has 150 valence electrons. The van der Waals surface area contributed by atoms with E-state index in [9.17, 15) is 9.59 Å². The number of carbonyl (C=O) groups excluding carboxylic acids is 2. The van der Waals surface area contributed by atoms with Crippen LogP contribution in [0, 0.1) is 0 Å². The second-order valence-corrected chi connectivity index (χ2v) is 7.60. The molecule has 8 heteroatoms. The van der Waals surface area contributed by atoms with Gasteiger partial charge in [-0.05, 0) is 48.5 Å². The van der Waals surface area contributed by atoms with Gasteiger partial charge in [0.15, 0.2) is 10.9 Å². The summed E-state index contributed by atoms with van der Waals surface area (Å²) in [6.07, 6.45) is 1.77. The molecule has 7 nitrogen and oxygen atoms in total. The quantitative estimate of drug-likeness (QED) is 0.440. The fraction of sp³-hybridized carbons (Fsp3) is 0.0909. The van der Waals surface area contributed by atoms with Gasteiger partial charge in [0.1, 0.15) is 11.4 Å². The molecule has 0 unspecified atom stereocenters. The molecule has 0 bridgehead atoms. The Morgan fingerprint density at radius 2 is 1.93 bits per heavy atom. The number of rotatable bonds is 7. The predicted octanol–water partition coefficient (Wildman–Crippen LogP) is 3.97. The second-order valence-electron chi connectivity index (χ2n) is 6.52. The average Bonchev–Trinajstić information content (AvgIpc) is 3.16. The number of pyridine rings is 1. The van der Waals surface area contributed by atoms with Crippen LogP contribution in [-0.4, -0.2) is 28.8 Å². The summed E-state index contributed by atoms with van der Waals surface area (Å²) < 4.78 is 5.11. The van der Waals surface area contributed by atoms with E-state index in [1.807, 2.05) is 30.3 Å². The fourth-order valence-corrected chi connectivity index (χ4v) is 4.00. The molecule has 0 aliphatic carbocycles. The van der Waals surface area contributed by atoms with Crippen LogP contribution in [0.15, 0.2) is 60.8 Å². The lowest BCUT2D eigenvalue weighted by Crippen LogP contribution is -2.15. The molecule has 2 aromatic carbocycles. The van der Waals surface area contributed by atoms with Crippen LogP contribution in [0.5, 0.6) is 5.75 Å². The lowest BCUT2D eigenvalue weighted by atomic mass is 10.1. The van der Waals surface area contributed by atoms with E-state index in [4.69, 9.17) is 10.5 Å². The van der Waals surface area contributed by atoms with Crippen LogP contribution >= 0.6 is 11.3 Å². The maximum Gasteiger partial charge on any atom is 0.268 e. The Morgan fingerprint density at radius 3 is 2.67 bits per heavy atom. The number of nitrogens with zero attached hydrogens (tertiary/aromatic N) is 2. The number of ketones is 1. The lowest BCUT2D eigenvalue weighted by molar-refractivity contribution is 0.0991. The second kappa shape index (κ2) is 8.30. The zero-order valence-electron chi connectivity index (χ0n) is 16.1. The first-order valence-corrected chi connectivity index (χ1v) is 9.93. The predicted molar refractivity (Wildman–Crippen MR) is 117 cm³/mol. The van der Waals surface area contributed by atoms with Crippen LogP contribution in [0.3, 0.4) is 0 Å². The van der Waals surface area contributed by atoms with E-state index in [0.29, 0.717) is 21.3 Å². The molecule has 0 saturated carbocycles. The summed E-state index contributed by atoms with van der Waals surface area (Å²) in [4.78, 5) is 33.6. The number of primary amides is 1. The maximum absolute atomic E-state index is 12.7. The number of hydrogen-bond donors (Lipinski definition) is 2. The zero-order chi connectivity index (χ0) is 21.1. The van der Waals surface area contributed by atoms with Crippen molar-refractivity contribution >= 4 is 44.7 Å². The minimum atomic E-state index is -0.667. The monoisotopic (exact) mass is 418 g/mol. The van der Waals surface area contributed by atoms with Gasteiger partial charge in [-0.15, -0.1) is 11.3 Å². The summed E-state index contributed by atoms with van der Waals surface area (Å²) in [5, 5.41) is 4.65. The van der Waals surface area contributed by atoms with Crippen molar-refractivity contribution in [2.75, 3.05) is 12.4 Å². The van der Waals surface area contributed by atoms with Crippen molar-refractivity contribution in [3.8, 4) is 5.75 Å². The van der Waals surface area contributed by atoms with E-state index in [1.54, 1.807) is 37.6 Å². The number of anilines is 2. The van der Waals surface area contributed by atoms with Gasteiger partial charge in [0, 0.05) is 34.1 Å². The highest BCUT2D eigenvalue weighted by molar-refractivity contribution is 7.16. The topological polar surface area (TPSA) is 107 Å². The molecule has 0 fully saturated rings. The van der Waals surface area contributed by atoms with E-state index in [-0.39, 0.29) is 17.9 Å². The normalized spacial score (nSPS) is 10.7. The molecular weight excluding hydrogens is 400 g/mol. The number of Topliss-reactive ketones (excluding diaryl/α,β-unsaturated/α-hetero) is 1. The number of amides is 1. The number of thiazole rings is 1. The molecular formula is C22H18N4O3S. The van der Waals surface area contributed by atoms with Crippen LogP contribution in [0.1, 0.15) is 25.7 Å². The first-order valence-electron chi connectivity index (χ1n) is 9.12. The number of nitrogens with one attached hydrogen (secondary N) is 1. The highest BCUT2D eigenvalue weighted by Crippen LogP contribution is 2.28. The summed E-state index contributed by atoms with van der Waals surface area (Å²) in [6, 6.07) is 16.4. The van der Waals surface area contributed by atoms with E-state index >= 15 is 0 Å². The number of ether oxygens (including phenoxy) is 1. The van der Waals surface area contributed by atoms with Crippen molar-refractivity contribution in [3.63, 3.8) is 0 Å². The average molecular weight is 418 g/mol. The Hall–Kier alpha value is -3.78. The fourth-order valence-electron chi connectivity index (χ4n) is 3.02. The van der Waals surface area contributed by atoms with Gasteiger partial charge in [-0.2, -0.15) is 0 Å². The van der Waals surface area contributed by atoms with Crippen LogP contribution in [0.25, 0.3) is 10.9 Å². The summed E-state index contributed by atoms with van der Waals surface area (Å²) in [7, 11) is 1.56. The molecule has 0 atom stereocenters. The number of aromatic nitrogens is 2. The van der Waals surface area contributed by atoms with Gasteiger partial charge in [-0.25, -0.2) is 4.98 Å². The molecule has 2 aromatic heterocycles. The molecule has 3 N–H and O–H groups in total. The number of fused-ring (bicyclic) bond motifs is 1. The Bertz CT molecular complexity index is 1230. The van der Waals surface area contributed by atoms with Crippen LogP contribution in [0.2, 0.25) is 0 Å². The minimum Gasteiger partial charge on any atom is -0.497 e. The summed E-state index contributed by atoms with van der Waals surface area (Å²) in [6.45, 7) is 0. The van der Waals surface area contributed by atoms with Gasteiger partial charge >= 0.3 is 0 Å². The van der Waals surface area contributed by atoms with Gasteiger partial charge < -0.3 is 15.8 Å². The molecule has 1 amide bonds. The van der Waals surface area contributed by atoms with Gasteiger partial charge in [0.2, 0.25) is 0 Å². The summed E-state index contributed by atoms with van der Waals surface area (Å²) in [5.41, 5.74) is 7.80. The number of carbonyl (C=O) groups is 2. The van der Waals surface area contributed by atoms with E-state index in [1.165, 1.54) is 11.3 Å². The third kappa shape index (κ3) is 4.13. The molecule has 4 aromatic rings. The highest BCUT2D eigenvalue weighted by atomic mass is 32.1. The van der Waals surface area contributed by atoms with Crippen LogP contribution in [0.4, 0.5) is 10.8 Å². The smallest absolute Gasteiger partial charge is 0.268 e. The Labute approximate surface area is 176 Å². The standard InChI is InChI=1S/C22H18N4O3S/c1-29-16-7-4-13(5-8-16)18(27)12-19-20(21(23)28)26-22(30-19)25-15-6-9-17-14(11-15)3-2-10-24-17/h2-11H,12H2,1H3,(H2,23,28)(H,25,26). The maximum atomic E-state index is 12.7. The summed E-state index contributed by atoms with van der Waals surface area (Å²) in [5.74, 6) is -0.133. The van der Waals surface area contributed by atoms with E-state index in [0.717, 1.165) is 16.6 Å². The third-order valence-electron chi connectivity index (χ3n) is 4.52. The van der Waals surface area contributed by atoms with E-state index in [2.05, 4.69) is 15.3 Å². The van der Waals surface area contributed by atoms with Gasteiger partial charge in [-0.1, -0.05) is 6.07 Å². The first kappa shape index (κ1) is 19.5. The van der Waals surface area contributed by atoms with Gasteiger partial charge in [0.05, 0.1) is 12.6 Å². The Balaban J connectivity index is 1.57. The van der Waals surface area contributed by atoms with Crippen molar-refractivity contribution in [1.29, 1.82) is 0 Å². The van der Waals surface area contributed by atoms with Crippen LogP contribution < -0.4 is 15.8 Å². The SMILES string of the molecule is COc1ccc(C(=O)Cc2sc(Nc3ccc4ncccc4c3)nc2C(N)=O)cc1. The first-order chi connectivity index (χ1) is 14.5. The largest absolute Gasteiger partial charge is 0.497 e. The Morgan fingerprint density at radius 1 is 1.13 bits per heavy atom. The third-order valence-corrected chi connectivity index (χ3v) is 5.49. The molecule has 4 rings (SSSR count). The molecule has 0 radical (unpaired) electrons. The van der Waals surface area contributed by atoms with Crippen molar-refractivity contribution in [2.45, 2.75) is 6.42 Å². The van der Waals surface area contributed by atoms with Crippen molar-refractivity contribution < 1.29 is 14.3 Å². The molecule has 0 spiro atoms. The number of benzene rings is 2. The van der Waals surface area contributed by atoms with Gasteiger partial charge in [-0.3, -0.25) is 14.6 Å². The number of nitrogens with two attached hydrogens (primary N) is 1. The molecule has 0 aliphatic heterocycles. The van der Waals surface area contributed by atoms with E-state index < -0.39 is 5.91 Å². The zero-order valence-corrected chi connectivity index (χ0v) is 16.9. The minimum absolute atomic E-state index is 0.0333. The Kier molecular flexibility index (Phi) is 5.40. The number of methoxy groups -OCH3 is 1. The lowest BCUT2D eigenvalue weighted by Gasteiger charge is -2.04. The van der Waals surface area contributed by atoms with Gasteiger partial charge in [0.25, 0.3) is 5.91 Å². The van der Waals surface area contributed by atoms with Crippen molar-refractivity contribution in [3.05, 3.63) is 76.9 Å². The van der Waals surface area contributed by atoms with Crippen molar-refractivity contribution in [2.24, 2.45) is 5.73 Å². The van der Waals surface area contributed by atoms with Crippen LogP contribution in [-0.2, 0) is 6.42 Å². The van der Waals surface area contributed by atoms with Crippen molar-refractivity contribution in [1.82, 2.24) is 9.97 Å². The molecule has 2 heterocycles. The molecule has 0 aliphatic rings. The molecule has 30 heavy (non-hydrogen) atoms. The molecule has 0 saturated heterocycles.